The molecule has 1 N–H and O–H groups in total. The number of nitrogens with one attached hydrogen (secondary N) is 1. The summed E-state index contributed by atoms with van der Waals surface area (Å²) in [5.74, 6) is 0.400. The van der Waals surface area contributed by atoms with E-state index in [-0.39, 0.29) is 27.7 Å². The summed E-state index contributed by atoms with van der Waals surface area (Å²) in [6.45, 7) is 1.90. The molecule has 13 heteroatoms. The van der Waals surface area contributed by atoms with Crippen molar-refractivity contribution in [1.29, 1.82) is 5.26 Å². The van der Waals surface area contributed by atoms with Crippen molar-refractivity contribution in [3.05, 3.63) is 107 Å². The Hall–Kier alpha value is -4.80. The molecule has 3 aromatic carbocycles. The summed E-state index contributed by atoms with van der Waals surface area (Å²) in [5.41, 5.74) is 0.434. The first-order valence-corrected chi connectivity index (χ1v) is 14.1. The molecule has 6 rings (SSSR count). The fourth-order valence-electron chi connectivity index (χ4n) is 5.00. The number of para-hydroxylation sites is 2. The van der Waals surface area contributed by atoms with Gasteiger partial charge in [-0.25, -0.2) is 4.79 Å². The van der Waals surface area contributed by atoms with Gasteiger partial charge in [0, 0.05) is 13.1 Å². The molecule has 2 aliphatic rings. The lowest BCUT2D eigenvalue weighted by atomic mass is 10.1. The maximum atomic E-state index is 15.1. The first-order chi connectivity index (χ1) is 20.8. The first-order valence-electron chi connectivity index (χ1n) is 13.3. The molecular weight excluding hydrogens is 579 g/mol. The summed E-state index contributed by atoms with van der Waals surface area (Å²) in [6.07, 6.45) is -4.95. The molecule has 43 heavy (non-hydrogen) atoms. The highest BCUT2D eigenvalue weighted by Crippen LogP contribution is 2.55. The summed E-state index contributed by atoms with van der Waals surface area (Å²) in [4.78, 5) is 13.9. The number of hydrogen-bond acceptors (Lipinski definition) is 7. The van der Waals surface area contributed by atoms with E-state index < -0.39 is 17.1 Å². The number of nitriles is 1. The van der Waals surface area contributed by atoms with Crippen LogP contribution in [0.5, 0.6) is 0 Å². The fourth-order valence-corrected chi connectivity index (χ4v) is 6.32. The van der Waals surface area contributed by atoms with E-state index in [9.17, 15) is 10.1 Å². The molecule has 1 atom stereocenters. The zero-order valence-electron chi connectivity index (χ0n) is 22.5. The summed E-state index contributed by atoms with van der Waals surface area (Å²) in [5, 5.41) is 21.4. The number of carbonyl (C=O) groups excluding carboxylic acids is 1. The number of thioether (sulfide) groups is 1. The van der Waals surface area contributed by atoms with Crippen molar-refractivity contribution in [2.75, 3.05) is 36.1 Å². The number of ether oxygens (including phenoxy) is 1. The number of nitrogens with zero attached hydrogens (tertiary/aromatic N) is 6. The van der Waals surface area contributed by atoms with Gasteiger partial charge in [-0.3, -0.25) is 9.47 Å². The average Bonchev–Trinajstić information content (AvgIpc) is 3.47. The van der Waals surface area contributed by atoms with Crippen LogP contribution in [0.4, 0.5) is 29.6 Å². The molecule has 9 nitrogen and oxygen atoms in total. The molecule has 4 aromatic rings. The third-order valence-corrected chi connectivity index (χ3v) is 8.49. The van der Waals surface area contributed by atoms with Crippen molar-refractivity contribution in [2.45, 2.75) is 11.0 Å². The van der Waals surface area contributed by atoms with Gasteiger partial charge in [0.15, 0.2) is 5.82 Å². The Bertz CT molecular complexity index is 1690. The van der Waals surface area contributed by atoms with E-state index in [2.05, 4.69) is 21.6 Å². The number of aromatic nitrogens is 3. The van der Waals surface area contributed by atoms with E-state index in [1.165, 1.54) is 24.3 Å². The SMILES string of the molecule is N#C/C(=C1\S[C@@](c2ccccc2)(C(F)(F)F)NC(=O)N1c1ccccc1)c1nnc(N2CCOCC2)n1-c1ccccc1. The topological polar surface area (TPSA) is 99.3 Å². The zero-order chi connectivity index (χ0) is 30.0. The Kier molecular flexibility index (Phi) is 7.55. The van der Waals surface area contributed by atoms with Gasteiger partial charge in [-0.15, -0.1) is 10.2 Å². The molecule has 3 heterocycles. The van der Waals surface area contributed by atoms with Gasteiger partial charge in [0.05, 0.1) is 24.6 Å². The molecule has 2 amide bonds. The first kappa shape index (κ1) is 28.3. The molecular formula is C30H24F3N7O2S. The molecule has 1 aromatic heterocycles. The molecule has 0 aliphatic carbocycles. The van der Waals surface area contributed by atoms with Crippen molar-refractivity contribution >= 4 is 35.0 Å². The second-order valence-electron chi connectivity index (χ2n) is 9.63. The van der Waals surface area contributed by atoms with Crippen LogP contribution in [0.25, 0.3) is 11.3 Å². The predicted molar refractivity (Wildman–Crippen MR) is 156 cm³/mol. The standard InChI is InChI=1S/C30H24F3N7O2S/c31-30(32,33)29(21-10-4-1-5-11-21)35-28(41)40(23-14-8-3-9-15-23)26(43-29)24(20-34)25-36-37-27(38-16-18-42-19-17-38)39(25)22-12-6-2-7-13-22/h1-15H,16-19H2,(H,35,41)/b26-24+/t29-/m0/s1. The molecule has 218 valence electrons. The molecule has 0 bridgehead atoms. The zero-order valence-corrected chi connectivity index (χ0v) is 23.3. The van der Waals surface area contributed by atoms with Gasteiger partial charge in [-0.1, -0.05) is 78.5 Å². The van der Waals surface area contributed by atoms with E-state index in [1.807, 2.05) is 11.0 Å². The van der Waals surface area contributed by atoms with Crippen LogP contribution < -0.4 is 15.1 Å². The average molecular weight is 604 g/mol. The maximum Gasteiger partial charge on any atom is 0.425 e. The quantitative estimate of drug-likeness (QED) is 0.293. The van der Waals surface area contributed by atoms with Crippen LogP contribution in [0.3, 0.4) is 0 Å². The minimum Gasteiger partial charge on any atom is -0.378 e. The van der Waals surface area contributed by atoms with Gasteiger partial charge < -0.3 is 15.0 Å². The van der Waals surface area contributed by atoms with Crippen molar-refractivity contribution in [1.82, 2.24) is 20.1 Å². The van der Waals surface area contributed by atoms with Crippen LogP contribution in [0.1, 0.15) is 11.4 Å². The lowest BCUT2D eigenvalue weighted by Crippen LogP contribution is -2.61. The maximum absolute atomic E-state index is 15.1. The van der Waals surface area contributed by atoms with E-state index in [1.54, 1.807) is 65.2 Å². The van der Waals surface area contributed by atoms with Gasteiger partial charge in [0.2, 0.25) is 10.8 Å². The number of halogens is 3. The van der Waals surface area contributed by atoms with Crippen molar-refractivity contribution in [3.63, 3.8) is 0 Å². The van der Waals surface area contributed by atoms with Crippen LogP contribution >= 0.6 is 11.8 Å². The highest BCUT2D eigenvalue weighted by molar-refractivity contribution is 8.04. The second kappa shape index (κ2) is 11.5. The number of carbonyl (C=O) groups is 1. The van der Waals surface area contributed by atoms with Gasteiger partial charge >= 0.3 is 12.2 Å². The fraction of sp³-hybridized carbons (Fsp3) is 0.200. The number of benzene rings is 3. The van der Waals surface area contributed by atoms with Crippen LogP contribution in [-0.4, -0.2) is 53.3 Å². The van der Waals surface area contributed by atoms with E-state index >= 15 is 13.2 Å². The number of rotatable bonds is 5. The normalized spacial score (nSPS) is 20.4. The molecule has 0 saturated carbocycles. The summed E-state index contributed by atoms with van der Waals surface area (Å²) in [7, 11) is 0. The number of hydrogen-bond donors (Lipinski definition) is 1. The highest BCUT2D eigenvalue weighted by Gasteiger charge is 2.62. The predicted octanol–water partition coefficient (Wildman–Crippen LogP) is 5.67. The van der Waals surface area contributed by atoms with E-state index in [4.69, 9.17) is 4.74 Å². The summed E-state index contributed by atoms with van der Waals surface area (Å²) >= 11 is 0.333. The van der Waals surface area contributed by atoms with Crippen LogP contribution in [-0.2, 0) is 9.61 Å². The summed E-state index contributed by atoms with van der Waals surface area (Å²) in [6, 6.07) is 25.3. The largest absolute Gasteiger partial charge is 0.425 e. The van der Waals surface area contributed by atoms with Crippen LogP contribution in [0, 0.1) is 11.3 Å². The second-order valence-corrected chi connectivity index (χ2v) is 10.8. The van der Waals surface area contributed by atoms with Crippen LogP contribution in [0.2, 0.25) is 0 Å². The lowest BCUT2D eigenvalue weighted by Gasteiger charge is -2.44. The van der Waals surface area contributed by atoms with Crippen molar-refractivity contribution in [2.24, 2.45) is 0 Å². The van der Waals surface area contributed by atoms with E-state index in [0.29, 0.717) is 49.7 Å². The number of amides is 2. The smallest absolute Gasteiger partial charge is 0.378 e. The van der Waals surface area contributed by atoms with Crippen LogP contribution in [0.15, 0.2) is 96.0 Å². The number of anilines is 2. The Balaban J connectivity index is 1.63. The highest BCUT2D eigenvalue weighted by atomic mass is 32.2. The molecule has 0 radical (unpaired) electrons. The third kappa shape index (κ3) is 5.09. The van der Waals surface area contributed by atoms with E-state index in [0.717, 1.165) is 4.90 Å². The van der Waals surface area contributed by atoms with Gasteiger partial charge in [-0.2, -0.15) is 18.4 Å². The third-order valence-electron chi connectivity index (χ3n) is 7.04. The summed E-state index contributed by atoms with van der Waals surface area (Å²) < 4.78 is 52.4. The minimum atomic E-state index is -4.95. The van der Waals surface area contributed by atoms with Gasteiger partial charge in [-0.05, 0) is 29.8 Å². The minimum absolute atomic E-state index is 0.00235. The van der Waals surface area contributed by atoms with Gasteiger partial charge in [0.25, 0.3) is 0 Å². The number of allylic oxidation sites excluding steroid dienone is 1. The molecule has 0 unspecified atom stereocenters. The molecule has 2 aliphatic heterocycles. The Morgan fingerprint density at radius 2 is 1.49 bits per heavy atom. The number of morpholine rings is 1. The number of urea groups is 1. The lowest BCUT2D eigenvalue weighted by molar-refractivity contribution is -0.167. The van der Waals surface area contributed by atoms with Crippen molar-refractivity contribution < 1.29 is 22.7 Å². The Labute approximate surface area is 249 Å². The Morgan fingerprint density at radius 3 is 2.07 bits per heavy atom. The number of alkyl halides is 3. The molecule has 2 fully saturated rings. The molecule has 2 saturated heterocycles. The Morgan fingerprint density at radius 1 is 0.907 bits per heavy atom. The van der Waals surface area contributed by atoms with Crippen molar-refractivity contribution in [3.8, 4) is 11.8 Å². The molecule has 0 spiro atoms. The monoisotopic (exact) mass is 603 g/mol. The van der Waals surface area contributed by atoms with Gasteiger partial charge in [0.1, 0.15) is 16.7 Å².